The third kappa shape index (κ3) is 5.42. The maximum absolute atomic E-state index is 12.4. The average Bonchev–Trinajstić information content (AvgIpc) is 3.49. The van der Waals surface area contributed by atoms with Crippen LogP contribution in [-0.2, 0) is 14.8 Å². The molecule has 0 atom stereocenters. The summed E-state index contributed by atoms with van der Waals surface area (Å²) in [7, 11) is -2.21. The highest BCUT2D eigenvalue weighted by atomic mass is 32.2. The van der Waals surface area contributed by atoms with Crippen molar-refractivity contribution >= 4 is 33.0 Å². The Balaban J connectivity index is 1.66. The van der Waals surface area contributed by atoms with Gasteiger partial charge in [-0.05, 0) is 43.2 Å². The van der Waals surface area contributed by atoms with Crippen molar-refractivity contribution in [3.05, 3.63) is 52.6 Å². The van der Waals surface area contributed by atoms with Crippen molar-refractivity contribution in [2.24, 2.45) is 0 Å². The zero-order valence-electron chi connectivity index (χ0n) is 15.5. The number of non-ortho nitro benzene ring substituents is 1. The summed E-state index contributed by atoms with van der Waals surface area (Å²) < 4.78 is 32.6. The van der Waals surface area contributed by atoms with Gasteiger partial charge in [0, 0.05) is 23.9 Å². The Bertz CT molecular complexity index is 1020. The fourth-order valence-electron chi connectivity index (χ4n) is 2.53. The van der Waals surface area contributed by atoms with Gasteiger partial charge in [-0.25, -0.2) is 13.1 Å². The summed E-state index contributed by atoms with van der Waals surface area (Å²) in [6.45, 7) is -0.160. The van der Waals surface area contributed by atoms with Crippen molar-refractivity contribution < 1.29 is 22.9 Å². The van der Waals surface area contributed by atoms with Crippen LogP contribution in [0.25, 0.3) is 0 Å². The van der Waals surface area contributed by atoms with E-state index in [2.05, 4.69) is 15.4 Å². The van der Waals surface area contributed by atoms with Crippen LogP contribution in [0.3, 0.4) is 0 Å². The summed E-state index contributed by atoms with van der Waals surface area (Å²) in [5.74, 6) is -0.0243. The van der Waals surface area contributed by atoms with E-state index >= 15 is 0 Å². The Kier molecular flexibility index (Phi) is 5.99. The summed E-state index contributed by atoms with van der Waals surface area (Å²) >= 11 is 0. The lowest BCUT2D eigenvalue weighted by atomic mass is 10.2. The molecule has 10 nitrogen and oxygen atoms in total. The molecule has 0 aromatic heterocycles. The summed E-state index contributed by atoms with van der Waals surface area (Å²) in [4.78, 5) is 22.4. The number of amides is 1. The largest absolute Gasteiger partial charge is 0.495 e. The lowest BCUT2D eigenvalue weighted by molar-refractivity contribution is -0.384. The van der Waals surface area contributed by atoms with Crippen LogP contribution in [0.15, 0.2) is 47.4 Å². The van der Waals surface area contributed by atoms with Gasteiger partial charge in [0.25, 0.3) is 5.69 Å². The molecule has 11 heteroatoms. The number of sulfonamides is 1. The molecule has 1 aliphatic carbocycles. The highest BCUT2D eigenvalue weighted by molar-refractivity contribution is 7.89. The van der Waals surface area contributed by atoms with Crippen LogP contribution in [0.4, 0.5) is 17.1 Å². The smallest absolute Gasteiger partial charge is 0.269 e. The molecule has 1 aliphatic rings. The van der Waals surface area contributed by atoms with Crippen molar-refractivity contribution in [3.63, 3.8) is 0 Å². The van der Waals surface area contributed by atoms with Crippen molar-refractivity contribution in [3.8, 4) is 5.75 Å². The van der Waals surface area contributed by atoms with Crippen LogP contribution >= 0.6 is 0 Å². The molecule has 0 bridgehead atoms. The fourth-order valence-corrected chi connectivity index (χ4v) is 3.86. The van der Waals surface area contributed by atoms with Crippen LogP contribution < -0.4 is 20.1 Å². The predicted molar refractivity (Wildman–Crippen MR) is 107 cm³/mol. The van der Waals surface area contributed by atoms with Crippen LogP contribution in [0.5, 0.6) is 5.75 Å². The number of ether oxygens (including phenoxy) is 1. The number of nitro benzene ring substituents is 1. The summed E-state index contributed by atoms with van der Waals surface area (Å²) in [5.41, 5.74) is 0.674. The lowest BCUT2D eigenvalue weighted by Crippen LogP contribution is -2.26. The Labute approximate surface area is 167 Å². The van der Waals surface area contributed by atoms with E-state index in [0.717, 1.165) is 12.8 Å². The number of methoxy groups -OCH3 is 1. The van der Waals surface area contributed by atoms with Gasteiger partial charge in [0.1, 0.15) is 5.75 Å². The number of nitrogens with one attached hydrogen (secondary N) is 3. The zero-order valence-corrected chi connectivity index (χ0v) is 16.4. The molecule has 0 spiro atoms. The van der Waals surface area contributed by atoms with E-state index in [-0.39, 0.29) is 23.2 Å². The molecule has 0 aliphatic heterocycles. The first-order chi connectivity index (χ1) is 13.8. The number of rotatable bonds is 9. The molecule has 3 rings (SSSR count). The molecule has 2 aromatic rings. The molecule has 1 fully saturated rings. The van der Waals surface area contributed by atoms with Gasteiger partial charge in [-0.3, -0.25) is 14.9 Å². The van der Waals surface area contributed by atoms with Gasteiger partial charge in [-0.15, -0.1) is 0 Å². The topological polar surface area (TPSA) is 140 Å². The van der Waals surface area contributed by atoms with Gasteiger partial charge < -0.3 is 15.4 Å². The van der Waals surface area contributed by atoms with E-state index in [1.165, 1.54) is 49.6 Å². The first-order valence-corrected chi connectivity index (χ1v) is 10.3. The van der Waals surface area contributed by atoms with Gasteiger partial charge in [0.15, 0.2) is 0 Å². The molecule has 3 N–H and O–H groups in total. The summed E-state index contributed by atoms with van der Waals surface area (Å²) in [6.07, 6.45) is 1.65. The Morgan fingerprint density at radius 1 is 1.21 bits per heavy atom. The standard InChI is InChI=1S/C18H20N4O6S/c1-28-17-9-8-15(29(26,27)21-13-2-3-13)10-16(17)19-11-18(23)20-12-4-6-14(7-5-12)22(24)25/h4-10,13,19,21H,2-3,11H2,1H3,(H,20,23). The van der Waals surface area contributed by atoms with E-state index in [1.54, 1.807) is 0 Å². The number of nitrogens with zero attached hydrogens (tertiary/aromatic N) is 1. The molecule has 29 heavy (non-hydrogen) atoms. The van der Waals surface area contributed by atoms with Crippen LogP contribution in [0, 0.1) is 10.1 Å². The maximum Gasteiger partial charge on any atom is 0.269 e. The molecule has 0 heterocycles. The van der Waals surface area contributed by atoms with Gasteiger partial charge in [-0.1, -0.05) is 0 Å². The van der Waals surface area contributed by atoms with E-state index in [0.29, 0.717) is 17.1 Å². The normalized spacial score (nSPS) is 13.6. The highest BCUT2D eigenvalue weighted by Gasteiger charge is 2.28. The van der Waals surface area contributed by atoms with Gasteiger partial charge in [0.05, 0.1) is 29.2 Å². The van der Waals surface area contributed by atoms with Gasteiger partial charge in [-0.2, -0.15) is 0 Å². The zero-order chi connectivity index (χ0) is 21.0. The minimum atomic E-state index is -3.64. The second-order valence-corrected chi connectivity index (χ2v) is 8.18. The van der Waals surface area contributed by atoms with E-state index in [9.17, 15) is 23.3 Å². The molecule has 0 unspecified atom stereocenters. The fraction of sp³-hybridized carbons (Fsp3) is 0.278. The van der Waals surface area contributed by atoms with E-state index < -0.39 is 20.9 Å². The third-order valence-corrected chi connectivity index (χ3v) is 5.70. The monoisotopic (exact) mass is 420 g/mol. The van der Waals surface area contributed by atoms with E-state index in [4.69, 9.17) is 4.74 Å². The molecule has 1 amide bonds. The Hall–Kier alpha value is -3.18. The van der Waals surface area contributed by atoms with Crippen molar-refractivity contribution in [1.82, 2.24) is 4.72 Å². The second kappa shape index (κ2) is 8.45. The Morgan fingerprint density at radius 2 is 1.90 bits per heavy atom. The molecule has 1 saturated carbocycles. The quantitative estimate of drug-likeness (QED) is 0.417. The minimum absolute atomic E-state index is 0.0222. The van der Waals surface area contributed by atoms with Crippen molar-refractivity contribution in [2.45, 2.75) is 23.8 Å². The van der Waals surface area contributed by atoms with Crippen molar-refractivity contribution in [1.29, 1.82) is 0 Å². The summed E-state index contributed by atoms with van der Waals surface area (Å²) in [6, 6.07) is 9.75. The third-order valence-electron chi connectivity index (χ3n) is 4.18. The van der Waals surface area contributed by atoms with E-state index in [1.807, 2.05) is 0 Å². The first-order valence-electron chi connectivity index (χ1n) is 8.77. The number of benzene rings is 2. The van der Waals surface area contributed by atoms with Crippen LogP contribution in [-0.4, -0.2) is 38.9 Å². The van der Waals surface area contributed by atoms with Gasteiger partial charge >= 0.3 is 0 Å². The van der Waals surface area contributed by atoms with Crippen LogP contribution in [0.2, 0.25) is 0 Å². The number of carbonyl (C=O) groups is 1. The number of nitro groups is 1. The average molecular weight is 420 g/mol. The highest BCUT2D eigenvalue weighted by Crippen LogP contribution is 2.29. The van der Waals surface area contributed by atoms with Crippen molar-refractivity contribution in [2.75, 3.05) is 24.3 Å². The SMILES string of the molecule is COc1ccc(S(=O)(=O)NC2CC2)cc1NCC(=O)Nc1ccc([N+](=O)[O-])cc1. The molecule has 2 aromatic carbocycles. The number of hydrogen-bond donors (Lipinski definition) is 3. The first kappa shape index (κ1) is 20.6. The predicted octanol–water partition coefficient (Wildman–Crippen LogP) is 2.09. The Morgan fingerprint density at radius 3 is 2.48 bits per heavy atom. The number of carbonyl (C=O) groups excluding carboxylic acids is 1. The molecule has 0 saturated heterocycles. The molecule has 154 valence electrons. The number of hydrogen-bond acceptors (Lipinski definition) is 7. The molecular weight excluding hydrogens is 400 g/mol. The number of anilines is 2. The summed E-state index contributed by atoms with van der Waals surface area (Å²) in [5, 5.41) is 16.1. The maximum atomic E-state index is 12.4. The van der Waals surface area contributed by atoms with Crippen LogP contribution in [0.1, 0.15) is 12.8 Å². The molecular formula is C18H20N4O6S. The van der Waals surface area contributed by atoms with Gasteiger partial charge in [0.2, 0.25) is 15.9 Å². The molecule has 0 radical (unpaired) electrons. The second-order valence-electron chi connectivity index (χ2n) is 6.46. The lowest BCUT2D eigenvalue weighted by Gasteiger charge is -2.13. The minimum Gasteiger partial charge on any atom is -0.495 e.